The molecule has 0 unspecified atom stereocenters. The predicted octanol–water partition coefficient (Wildman–Crippen LogP) is 3.50. The Morgan fingerprint density at radius 3 is 2.55 bits per heavy atom. The molecule has 0 spiro atoms. The first kappa shape index (κ1) is 16.3. The number of amides is 2. The molecule has 1 aliphatic heterocycles. The number of anilines is 1. The van der Waals surface area contributed by atoms with E-state index in [0.717, 1.165) is 10.5 Å². The molecule has 0 bridgehead atoms. The molecule has 0 N–H and O–H groups in total. The van der Waals surface area contributed by atoms with Gasteiger partial charge >= 0.3 is 0 Å². The van der Waals surface area contributed by atoms with Crippen LogP contribution in [0, 0.1) is 11.3 Å². The van der Waals surface area contributed by atoms with Gasteiger partial charge in [0.2, 0.25) is 5.91 Å². The fourth-order valence-electron chi connectivity index (χ4n) is 2.10. The average molecular weight is 339 g/mol. The number of carbonyl (C=O) groups excluding carboxylic acids is 2. The zero-order chi connectivity index (χ0) is 16.4. The van der Waals surface area contributed by atoms with Crippen LogP contribution in [-0.2, 0) is 9.59 Å². The third kappa shape index (κ3) is 2.94. The van der Waals surface area contributed by atoms with E-state index in [1.54, 1.807) is 13.8 Å². The molecule has 1 heterocycles. The summed E-state index contributed by atoms with van der Waals surface area (Å²) >= 11 is 12.1. The maximum absolute atomic E-state index is 12.4. The van der Waals surface area contributed by atoms with Crippen LogP contribution in [0.1, 0.15) is 20.3 Å². The molecule has 5 nitrogen and oxygen atoms in total. The van der Waals surface area contributed by atoms with Crippen molar-refractivity contribution in [3.63, 3.8) is 0 Å². The van der Waals surface area contributed by atoms with Gasteiger partial charge in [-0.05, 0) is 19.9 Å². The molecule has 0 saturated carbocycles. The minimum Gasteiger partial charge on any atom is -0.477 e. The second-order valence-electron chi connectivity index (χ2n) is 4.87. The number of rotatable bonds is 3. The zero-order valence-corrected chi connectivity index (χ0v) is 13.5. The summed E-state index contributed by atoms with van der Waals surface area (Å²) in [5.74, 6) is -0.578. The molecular formula is C15H12Cl2N2O3. The Hall–Kier alpha value is -2.03. The van der Waals surface area contributed by atoms with Crippen LogP contribution in [0.3, 0.4) is 0 Å². The van der Waals surface area contributed by atoms with Crippen molar-refractivity contribution in [1.82, 2.24) is 0 Å². The minimum absolute atomic E-state index is 0.0362. The second kappa shape index (κ2) is 6.39. The van der Waals surface area contributed by atoms with Crippen molar-refractivity contribution >= 4 is 40.7 Å². The number of nitrogens with zero attached hydrogens (tertiary/aromatic N) is 2. The maximum atomic E-state index is 12.4. The van der Waals surface area contributed by atoms with Crippen LogP contribution in [0.2, 0.25) is 10.0 Å². The lowest BCUT2D eigenvalue weighted by Crippen LogP contribution is -2.29. The Balaban J connectivity index is 2.49. The van der Waals surface area contributed by atoms with Gasteiger partial charge in [-0.3, -0.25) is 9.59 Å². The van der Waals surface area contributed by atoms with E-state index in [4.69, 9.17) is 33.2 Å². The smallest absolute Gasteiger partial charge is 0.261 e. The van der Waals surface area contributed by atoms with Gasteiger partial charge in [0.1, 0.15) is 11.8 Å². The van der Waals surface area contributed by atoms with E-state index in [-0.39, 0.29) is 40.4 Å². The first-order valence-electron chi connectivity index (χ1n) is 6.39. The Morgan fingerprint density at radius 1 is 1.32 bits per heavy atom. The van der Waals surface area contributed by atoms with Crippen LogP contribution in [-0.4, -0.2) is 18.4 Å². The first-order chi connectivity index (χ1) is 10.4. The quantitative estimate of drug-likeness (QED) is 0.624. The van der Waals surface area contributed by atoms with E-state index in [0.29, 0.717) is 5.57 Å². The van der Waals surface area contributed by atoms with Crippen LogP contribution in [0.25, 0.3) is 0 Å². The normalized spacial score (nSPS) is 14.3. The molecule has 1 aromatic carbocycles. The summed E-state index contributed by atoms with van der Waals surface area (Å²) in [6, 6.07) is 4.59. The molecule has 22 heavy (non-hydrogen) atoms. The number of imide groups is 1. The standard InChI is InChI=1S/C15H12Cl2N2O3/c1-8(2)9-5-14(20)19(15(9)21)12-7-13(22-4-3-18)11(17)6-10(12)16/h6-7H,4-5H2,1-2H3. The molecule has 7 heteroatoms. The highest BCUT2D eigenvalue weighted by Gasteiger charge is 2.37. The van der Waals surface area contributed by atoms with Crippen molar-refractivity contribution in [2.75, 3.05) is 11.5 Å². The summed E-state index contributed by atoms with van der Waals surface area (Å²) in [6.07, 6.45) is 0.0362. The lowest BCUT2D eigenvalue weighted by molar-refractivity contribution is -0.120. The molecule has 1 aliphatic rings. The summed E-state index contributed by atoms with van der Waals surface area (Å²) < 4.78 is 5.17. The number of carbonyl (C=O) groups is 2. The van der Waals surface area contributed by atoms with Gasteiger partial charge in [0.15, 0.2) is 6.61 Å². The van der Waals surface area contributed by atoms with Crippen LogP contribution in [0.15, 0.2) is 23.3 Å². The van der Waals surface area contributed by atoms with E-state index >= 15 is 0 Å². The van der Waals surface area contributed by atoms with Crippen molar-refractivity contribution < 1.29 is 14.3 Å². The molecule has 0 aliphatic carbocycles. The van der Waals surface area contributed by atoms with E-state index in [1.165, 1.54) is 12.1 Å². The highest BCUT2D eigenvalue weighted by Crippen LogP contribution is 2.39. The van der Waals surface area contributed by atoms with Crippen molar-refractivity contribution in [2.45, 2.75) is 20.3 Å². The van der Waals surface area contributed by atoms with Gasteiger partial charge < -0.3 is 4.74 Å². The van der Waals surface area contributed by atoms with Crippen molar-refractivity contribution in [1.29, 1.82) is 5.26 Å². The van der Waals surface area contributed by atoms with E-state index < -0.39 is 5.91 Å². The molecule has 2 amide bonds. The minimum atomic E-state index is -0.402. The summed E-state index contributed by atoms with van der Waals surface area (Å²) in [4.78, 5) is 25.5. The highest BCUT2D eigenvalue weighted by atomic mass is 35.5. The monoisotopic (exact) mass is 338 g/mol. The van der Waals surface area contributed by atoms with Crippen LogP contribution in [0.5, 0.6) is 5.75 Å². The third-order valence-electron chi connectivity index (χ3n) is 3.18. The van der Waals surface area contributed by atoms with Crippen LogP contribution < -0.4 is 9.64 Å². The summed E-state index contributed by atoms with van der Waals surface area (Å²) in [7, 11) is 0. The largest absolute Gasteiger partial charge is 0.477 e. The number of ether oxygens (including phenoxy) is 1. The van der Waals surface area contributed by atoms with Gasteiger partial charge in [-0.1, -0.05) is 28.8 Å². The summed E-state index contributed by atoms with van der Waals surface area (Å²) in [5, 5.41) is 8.92. The topological polar surface area (TPSA) is 70.4 Å². The molecule has 1 saturated heterocycles. The van der Waals surface area contributed by atoms with Crippen molar-refractivity contribution in [3.8, 4) is 11.8 Å². The fraction of sp³-hybridized carbons (Fsp3) is 0.267. The highest BCUT2D eigenvalue weighted by molar-refractivity contribution is 6.39. The Bertz CT molecular complexity index is 731. The molecule has 0 aromatic heterocycles. The first-order valence-corrected chi connectivity index (χ1v) is 7.14. The third-order valence-corrected chi connectivity index (χ3v) is 3.77. The van der Waals surface area contributed by atoms with Gasteiger partial charge in [0.25, 0.3) is 5.91 Å². The van der Waals surface area contributed by atoms with Crippen molar-refractivity contribution in [2.24, 2.45) is 0 Å². The molecule has 2 rings (SSSR count). The number of benzene rings is 1. The maximum Gasteiger partial charge on any atom is 0.261 e. The summed E-state index contributed by atoms with van der Waals surface area (Å²) in [5.41, 5.74) is 1.44. The van der Waals surface area contributed by atoms with Crippen LogP contribution >= 0.6 is 23.2 Å². The van der Waals surface area contributed by atoms with Crippen LogP contribution in [0.4, 0.5) is 5.69 Å². The zero-order valence-electron chi connectivity index (χ0n) is 11.9. The van der Waals surface area contributed by atoms with E-state index in [2.05, 4.69) is 0 Å². The Morgan fingerprint density at radius 2 is 2.00 bits per heavy atom. The number of allylic oxidation sites excluding steroid dienone is 1. The second-order valence-corrected chi connectivity index (χ2v) is 5.68. The fourth-order valence-corrected chi connectivity index (χ4v) is 2.62. The molecule has 1 aromatic rings. The molecular weight excluding hydrogens is 327 g/mol. The SMILES string of the molecule is CC(C)=C1CC(=O)N(c2cc(OCC#N)c(Cl)cc2Cl)C1=O. The van der Waals surface area contributed by atoms with E-state index in [1.807, 2.05) is 6.07 Å². The Labute approximate surface area is 137 Å². The Kier molecular flexibility index (Phi) is 4.74. The number of hydrogen-bond donors (Lipinski definition) is 0. The number of nitriles is 1. The lowest BCUT2D eigenvalue weighted by Gasteiger charge is -2.17. The average Bonchev–Trinajstić information content (AvgIpc) is 2.74. The number of hydrogen-bond acceptors (Lipinski definition) is 4. The molecule has 0 atom stereocenters. The van der Waals surface area contributed by atoms with E-state index in [9.17, 15) is 9.59 Å². The van der Waals surface area contributed by atoms with Crippen molar-refractivity contribution in [3.05, 3.63) is 33.3 Å². The molecule has 114 valence electrons. The summed E-state index contributed by atoms with van der Waals surface area (Å²) in [6.45, 7) is 3.34. The molecule has 0 radical (unpaired) electrons. The van der Waals surface area contributed by atoms with Gasteiger partial charge in [-0.15, -0.1) is 0 Å². The lowest BCUT2D eigenvalue weighted by atomic mass is 10.1. The van der Waals surface area contributed by atoms with Gasteiger partial charge in [-0.25, -0.2) is 4.90 Å². The molecule has 1 fully saturated rings. The van der Waals surface area contributed by atoms with Gasteiger partial charge in [-0.2, -0.15) is 5.26 Å². The van der Waals surface area contributed by atoms with Gasteiger partial charge in [0.05, 0.1) is 22.2 Å². The number of halogens is 2. The predicted molar refractivity (Wildman–Crippen MR) is 83.1 cm³/mol. The van der Waals surface area contributed by atoms with Gasteiger partial charge in [0, 0.05) is 11.6 Å².